The Labute approximate surface area is 182 Å². The van der Waals surface area contributed by atoms with E-state index in [4.69, 9.17) is 5.11 Å². The molecule has 3 fully saturated rings. The van der Waals surface area contributed by atoms with E-state index in [9.17, 15) is 15.0 Å². The summed E-state index contributed by atoms with van der Waals surface area (Å²) in [6.45, 7) is 2.21. The monoisotopic (exact) mass is 416 g/mol. The fourth-order valence-electron chi connectivity index (χ4n) is 6.08. The summed E-state index contributed by atoms with van der Waals surface area (Å²) in [5, 5.41) is 30.2. The van der Waals surface area contributed by atoms with Crippen molar-refractivity contribution < 1.29 is 20.1 Å². The highest BCUT2D eigenvalue weighted by atomic mass is 16.4. The van der Waals surface area contributed by atoms with E-state index in [1.54, 1.807) is 0 Å². The number of allylic oxidation sites excluding steroid dienone is 2. The summed E-state index contributed by atoms with van der Waals surface area (Å²) in [5.74, 6) is 7.36. The Hall–Kier alpha value is -1.31. The zero-order valence-corrected chi connectivity index (χ0v) is 18.6. The van der Waals surface area contributed by atoms with E-state index in [1.165, 1.54) is 31.3 Å². The van der Waals surface area contributed by atoms with Crippen LogP contribution in [0.15, 0.2) is 11.6 Å². The van der Waals surface area contributed by atoms with Crippen molar-refractivity contribution in [3.05, 3.63) is 11.6 Å². The Kier molecular flexibility index (Phi) is 8.84. The molecule has 4 nitrogen and oxygen atoms in total. The van der Waals surface area contributed by atoms with Gasteiger partial charge in [-0.1, -0.05) is 62.5 Å². The van der Waals surface area contributed by atoms with E-state index in [2.05, 4.69) is 24.8 Å². The molecule has 6 atom stereocenters. The number of rotatable bonds is 8. The summed E-state index contributed by atoms with van der Waals surface area (Å²) in [5.41, 5.74) is 1.49. The Morgan fingerprint density at radius 3 is 2.63 bits per heavy atom. The highest BCUT2D eigenvalue weighted by molar-refractivity contribution is 5.66. The van der Waals surface area contributed by atoms with Gasteiger partial charge in [-0.2, -0.15) is 0 Å². The predicted octanol–water partition coefficient (Wildman–Crippen LogP) is 4.94. The summed E-state index contributed by atoms with van der Waals surface area (Å²) >= 11 is 0. The summed E-state index contributed by atoms with van der Waals surface area (Å²) < 4.78 is 0. The molecule has 0 aromatic heterocycles. The van der Waals surface area contributed by atoms with Crippen LogP contribution in [0.25, 0.3) is 0 Å². The molecule has 0 radical (unpaired) electrons. The summed E-state index contributed by atoms with van der Waals surface area (Å²) in [6, 6.07) is 0. The van der Waals surface area contributed by atoms with Gasteiger partial charge in [-0.15, -0.1) is 0 Å². The fourth-order valence-corrected chi connectivity index (χ4v) is 6.08. The summed E-state index contributed by atoms with van der Waals surface area (Å²) in [7, 11) is 0. The van der Waals surface area contributed by atoms with E-state index in [-0.39, 0.29) is 12.3 Å². The first kappa shape index (κ1) is 23.4. The van der Waals surface area contributed by atoms with E-state index in [1.807, 2.05) is 0 Å². The minimum absolute atomic E-state index is 0.0417. The molecule has 3 aliphatic rings. The molecule has 168 valence electrons. The van der Waals surface area contributed by atoms with Crippen LogP contribution >= 0.6 is 0 Å². The molecular weight excluding hydrogens is 376 g/mol. The number of hydrogen-bond donors (Lipinski definition) is 3. The smallest absolute Gasteiger partial charge is 0.303 e. The van der Waals surface area contributed by atoms with Crippen molar-refractivity contribution in [1.82, 2.24) is 0 Å². The topological polar surface area (TPSA) is 77.8 Å². The van der Waals surface area contributed by atoms with Crippen molar-refractivity contribution in [1.29, 1.82) is 0 Å². The van der Waals surface area contributed by atoms with Crippen molar-refractivity contribution in [3.63, 3.8) is 0 Å². The van der Waals surface area contributed by atoms with Gasteiger partial charge in [0.25, 0.3) is 0 Å². The number of carboxylic acid groups (broad SMARTS) is 1. The lowest BCUT2D eigenvalue weighted by Gasteiger charge is -2.55. The van der Waals surface area contributed by atoms with Crippen LogP contribution in [0.2, 0.25) is 0 Å². The predicted molar refractivity (Wildman–Crippen MR) is 119 cm³/mol. The average Bonchev–Trinajstić information content (AvgIpc) is 2.74. The molecule has 30 heavy (non-hydrogen) atoms. The van der Waals surface area contributed by atoms with E-state index in [0.29, 0.717) is 30.1 Å². The first-order valence-corrected chi connectivity index (χ1v) is 12.3. The van der Waals surface area contributed by atoms with Gasteiger partial charge in [0, 0.05) is 6.42 Å². The summed E-state index contributed by atoms with van der Waals surface area (Å²) in [4.78, 5) is 10.8. The van der Waals surface area contributed by atoms with Gasteiger partial charge in [-0.3, -0.25) is 4.79 Å². The fraction of sp³-hybridized carbons (Fsp3) is 0.808. The zero-order valence-electron chi connectivity index (χ0n) is 18.6. The van der Waals surface area contributed by atoms with Gasteiger partial charge in [0.15, 0.2) is 0 Å². The second-order valence-corrected chi connectivity index (χ2v) is 9.72. The molecule has 3 aliphatic carbocycles. The second kappa shape index (κ2) is 11.3. The third kappa shape index (κ3) is 5.68. The number of aliphatic hydroxyl groups excluding tert-OH is 2. The molecule has 0 heterocycles. The molecule has 3 rings (SSSR count). The highest BCUT2D eigenvalue weighted by Crippen LogP contribution is 2.57. The second-order valence-electron chi connectivity index (χ2n) is 9.72. The van der Waals surface area contributed by atoms with Crippen LogP contribution in [0.4, 0.5) is 0 Å². The largest absolute Gasteiger partial charge is 0.481 e. The maximum atomic E-state index is 10.8. The van der Waals surface area contributed by atoms with Gasteiger partial charge in [0.05, 0.1) is 12.0 Å². The van der Waals surface area contributed by atoms with Crippen LogP contribution in [0.5, 0.6) is 0 Å². The molecule has 0 amide bonds. The van der Waals surface area contributed by atoms with Crippen LogP contribution in [0.1, 0.15) is 90.4 Å². The third-order valence-corrected chi connectivity index (χ3v) is 7.73. The Morgan fingerprint density at radius 1 is 1.17 bits per heavy atom. The van der Waals surface area contributed by atoms with Crippen molar-refractivity contribution in [2.75, 3.05) is 0 Å². The Morgan fingerprint density at radius 2 is 1.93 bits per heavy atom. The standard InChI is InChI=1S/C26H40O4/c1-2-3-11-20-19(12-7-8-13-25(29)30)21-14-17-24(28)22(26(20)21)15-16-23(27)18-9-5-4-6-10-18/h12,18,20-24,26-28H,2-11,13-14,17H2,1H3,(H,29,30)/b19-12-/t20?,21-,22+,23?,24-,26+/m0/s1. The lowest BCUT2D eigenvalue weighted by molar-refractivity contribution is -0.137. The molecule has 0 spiro atoms. The van der Waals surface area contributed by atoms with E-state index in [0.717, 1.165) is 44.9 Å². The van der Waals surface area contributed by atoms with Gasteiger partial charge < -0.3 is 15.3 Å². The minimum atomic E-state index is -0.727. The Bertz CT molecular complexity index is 652. The van der Waals surface area contributed by atoms with Gasteiger partial charge in [-0.25, -0.2) is 0 Å². The molecule has 0 aliphatic heterocycles. The molecule has 4 heteroatoms. The maximum absolute atomic E-state index is 10.8. The van der Waals surface area contributed by atoms with Crippen LogP contribution in [-0.2, 0) is 4.79 Å². The van der Waals surface area contributed by atoms with Crippen LogP contribution in [-0.4, -0.2) is 33.5 Å². The van der Waals surface area contributed by atoms with Crippen molar-refractivity contribution in [2.45, 2.75) is 103 Å². The van der Waals surface area contributed by atoms with Gasteiger partial charge >= 0.3 is 5.97 Å². The summed E-state index contributed by atoms with van der Waals surface area (Å²) in [6.07, 6.45) is 14.1. The molecule has 0 aromatic rings. The average molecular weight is 417 g/mol. The number of aliphatic carboxylic acids is 1. The third-order valence-electron chi connectivity index (χ3n) is 7.73. The van der Waals surface area contributed by atoms with Gasteiger partial charge in [0.1, 0.15) is 6.10 Å². The lowest BCUT2D eigenvalue weighted by Crippen LogP contribution is -2.51. The number of carboxylic acids is 1. The first-order chi connectivity index (χ1) is 14.5. The van der Waals surface area contributed by atoms with Gasteiger partial charge in [-0.05, 0) is 68.6 Å². The van der Waals surface area contributed by atoms with Crippen LogP contribution in [0.3, 0.4) is 0 Å². The molecule has 2 unspecified atom stereocenters. The normalized spacial score (nSPS) is 33.8. The molecule has 0 aromatic carbocycles. The van der Waals surface area contributed by atoms with Gasteiger partial charge in [0.2, 0.25) is 0 Å². The number of carbonyl (C=O) groups is 1. The van der Waals surface area contributed by atoms with Crippen molar-refractivity contribution in [2.24, 2.45) is 29.6 Å². The van der Waals surface area contributed by atoms with Crippen LogP contribution < -0.4 is 0 Å². The number of fused-ring (bicyclic) bond motifs is 1. The zero-order chi connectivity index (χ0) is 21.5. The maximum Gasteiger partial charge on any atom is 0.303 e. The molecule has 0 saturated heterocycles. The molecule has 3 N–H and O–H groups in total. The molecule has 3 saturated carbocycles. The Balaban J connectivity index is 1.69. The van der Waals surface area contributed by atoms with E-state index >= 15 is 0 Å². The van der Waals surface area contributed by atoms with E-state index < -0.39 is 18.2 Å². The number of hydrogen-bond acceptors (Lipinski definition) is 3. The van der Waals surface area contributed by atoms with Crippen molar-refractivity contribution in [3.8, 4) is 11.8 Å². The first-order valence-electron chi connectivity index (χ1n) is 12.3. The lowest BCUT2D eigenvalue weighted by atomic mass is 9.50. The molecule has 0 bridgehead atoms. The minimum Gasteiger partial charge on any atom is -0.481 e. The van der Waals surface area contributed by atoms with Crippen LogP contribution in [0, 0.1) is 41.4 Å². The number of unbranched alkanes of at least 4 members (excludes halogenated alkanes) is 2. The van der Waals surface area contributed by atoms with Crippen molar-refractivity contribution >= 4 is 5.97 Å². The number of aliphatic hydroxyl groups is 2. The highest BCUT2D eigenvalue weighted by Gasteiger charge is 2.52. The SMILES string of the molecule is CCCCC1/C(=C/CCCC(=O)O)[C@@H]2CC[C@H](O)[C@@H](C#CC(O)C3CCCCC3)[C@H]12. The quantitative estimate of drug-likeness (QED) is 0.298. The molecular formula is C26H40O4.